The van der Waals surface area contributed by atoms with Crippen molar-refractivity contribution in [2.45, 2.75) is 31.3 Å². The largest absolute Gasteiger partial charge is 0.453 e. The molecule has 1 aliphatic heterocycles. The van der Waals surface area contributed by atoms with Crippen molar-refractivity contribution in [2.75, 3.05) is 37.3 Å². The number of furan rings is 1. The third kappa shape index (κ3) is 5.02. The normalized spacial score (nSPS) is 15.2. The first kappa shape index (κ1) is 21.9. The van der Waals surface area contributed by atoms with Gasteiger partial charge < -0.3 is 19.0 Å². The number of hydrogen-bond acceptors (Lipinski definition) is 7. The molecule has 1 aromatic carbocycles. The number of sulfone groups is 1. The van der Waals surface area contributed by atoms with Crippen molar-refractivity contribution in [1.82, 2.24) is 4.90 Å². The number of amides is 1. The van der Waals surface area contributed by atoms with E-state index in [9.17, 15) is 18.0 Å². The molecule has 0 bridgehead atoms. The molecule has 0 saturated carbocycles. The van der Waals surface area contributed by atoms with Crippen molar-refractivity contribution in [3.63, 3.8) is 0 Å². The van der Waals surface area contributed by atoms with Crippen LogP contribution in [0.1, 0.15) is 31.3 Å². The van der Waals surface area contributed by atoms with Crippen LogP contribution in [0.5, 0.6) is 0 Å². The van der Waals surface area contributed by atoms with E-state index in [-0.39, 0.29) is 16.7 Å². The zero-order valence-corrected chi connectivity index (χ0v) is 18.4. The zero-order chi connectivity index (χ0) is 22.1. The molecule has 0 unspecified atom stereocenters. The second-order valence-electron chi connectivity index (χ2n) is 8.23. The Morgan fingerprint density at radius 2 is 1.77 bits per heavy atom. The van der Waals surface area contributed by atoms with Crippen LogP contribution >= 0.6 is 0 Å². The lowest BCUT2D eigenvalue weighted by molar-refractivity contribution is 0.0240. The summed E-state index contributed by atoms with van der Waals surface area (Å²) in [6.07, 6.45) is 1.39. The Labute approximate surface area is 176 Å². The molecule has 3 rings (SSSR count). The topological polar surface area (TPSA) is 97.1 Å². The minimum Gasteiger partial charge on any atom is -0.453 e. The summed E-state index contributed by atoms with van der Waals surface area (Å²) in [5.41, 5.74) is 0.799. The minimum atomic E-state index is -3.42. The van der Waals surface area contributed by atoms with E-state index in [0.717, 1.165) is 11.9 Å². The molecule has 1 fully saturated rings. The molecule has 30 heavy (non-hydrogen) atoms. The van der Waals surface area contributed by atoms with Crippen molar-refractivity contribution in [2.24, 2.45) is 0 Å². The van der Waals surface area contributed by atoms with E-state index >= 15 is 0 Å². The first-order valence-corrected chi connectivity index (χ1v) is 11.5. The van der Waals surface area contributed by atoms with Crippen molar-refractivity contribution in [1.29, 1.82) is 0 Å². The van der Waals surface area contributed by atoms with E-state index in [1.54, 1.807) is 35.2 Å². The number of ether oxygens (including phenoxy) is 1. The third-order valence-corrected chi connectivity index (χ3v) is 5.79. The number of hydrogen-bond donors (Lipinski definition) is 0. The van der Waals surface area contributed by atoms with Gasteiger partial charge in [0.2, 0.25) is 0 Å². The second-order valence-corrected chi connectivity index (χ2v) is 10.2. The molecule has 2 aromatic rings. The lowest BCUT2D eigenvalue weighted by Crippen LogP contribution is -2.50. The minimum absolute atomic E-state index is 0.162. The van der Waals surface area contributed by atoms with Crippen LogP contribution < -0.4 is 4.90 Å². The smallest absolute Gasteiger partial charge is 0.410 e. The van der Waals surface area contributed by atoms with Gasteiger partial charge in [-0.15, -0.1) is 0 Å². The number of aldehydes is 1. The summed E-state index contributed by atoms with van der Waals surface area (Å²) in [5.74, 6) is 0.572. The fraction of sp³-hybridized carbons (Fsp3) is 0.429. The lowest BCUT2D eigenvalue weighted by Gasteiger charge is -2.37. The number of nitrogens with zero attached hydrogens (tertiary/aromatic N) is 2. The molecule has 1 saturated heterocycles. The molecule has 162 valence electrons. The Morgan fingerprint density at radius 1 is 1.10 bits per heavy atom. The number of rotatable bonds is 4. The third-order valence-electron chi connectivity index (χ3n) is 4.68. The number of benzene rings is 1. The highest BCUT2D eigenvalue weighted by Crippen LogP contribution is 2.35. The number of carbonyl (C=O) groups is 2. The first-order chi connectivity index (χ1) is 14.0. The van der Waals surface area contributed by atoms with Gasteiger partial charge in [0.15, 0.2) is 21.9 Å². The fourth-order valence-corrected chi connectivity index (χ4v) is 3.88. The van der Waals surface area contributed by atoms with Crippen molar-refractivity contribution < 1.29 is 27.2 Å². The molecule has 0 spiro atoms. The fourth-order valence-electron chi connectivity index (χ4n) is 3.24. The Hall–Kier alpha value is -2.81. The zero-order valence-electron chi connectivity index (χ0n) is 17.5. The van der Waals surface area contributed by atoms with Crippen LogP contribution in [0, 0.1) is 0 Å². The van der Waals surface area contributed by atoms with Gasteiger partial charge in [-0.1, -0.05) is 0 Å². The summed E-state index contributed by atoms with van der Waals surface area (Å²) in [4.78, 5) is 27.2. The average Bonchev–Trinajstić information content (AvgIpc) is 3.15. The summed E-state index contributed by atoms with van der Waals surface area (Å²) in [6, 6.07) is 8.03. The molecule has 8 nitrogen and oxygen atoms in total. The van der Waals surface area contributed by atoms with E-state index in [0.29, 0.717) is 43.8 Å². The van der Waals surface area contributed by atoms with Gasteiger partial charge in [-0.25, -0.2) is 13.2 Å². The number of anilines is 1. The van der Waals surface area contributed by atoms with Crippen LogP contribution in [0.3, 0.4) is 0 Å². The van der Waals surface area contributed by atoms with Gasteiger partial charge >= 0.3 is 6.09 Å². The molecular weight excluding hydrogens is 408 g/mol. The molecule has 0 radical (unpaired) electrons. The van der Waals surface area contributed by atoms with Crippen LogP contribution in [0.15, 0.2) is 39.6 Å². The average molecular weight is 435 g/mol. The Bertz CT molecular complexity index is 1040. The highest BCUT2D eigenvalue weighted by atomic mass is 32.2. The van der Waals surface area contributed by atoms with Gasteiger partial charge in [-0.3, -0.25) is 4.79 Å². The van der Waals surface area contributed by atoms with E-state index in [1.165, 1.54) is 0 Å². The lowest BCUT2D eigenvalue weighted by atomic mass is 10.1. The van der Waals surface area contributed by atoms with Crippen molar-refractivity contribution in [3.8, 4) is 11.3 Å². The highest BCUT2D eigenvalue weighted by Gasteiger charge is 2.27. The summed E-state index contributed by atoms with van der Waals surface area (Å²) in [5, 5.41) is 0. The second kappa shape index (κ2) is 8.14. The predicted molar refractivity (Wildman–Crippen MR) is 113 cm³/mol. The summed E-state index contributed by atoms with van der Waals surface area (Å²) < 4.78 is 35.1. The standard InChI is InChI=1S/C21H26N2O6S/c1-21(2,3)29-20(25)23-11-9-22(10-12-23)18-7-6-16(30(4,26)27)13-17(18)19-8-5-15(14-24)28-19/h5-8,13-14H,9-12H2,1-4H3. The van der Waals surface area contributed by atoms with E-state index in [2.05, 4.69) is 4.90 Å². The molecule has 1 aromatic heterocycles. The van der Waals surface area contributed by atoms with E-state index < -0.39 is 15.4 Å². The van der Waals surface area contributed by atoms with Gasteiger partial charge in [0.25, 0.3) is 0 Å². The van der Waals surface area contributed by atoms with Crippen LogP contribution in [0.2, 0.25) is 0 Å². The molecule has 2 heterocycles. The Morgan fingerprint density at radius 3 is 2.30 bits per heavy atom. The SMILES string of the molecule is CC(C)(C)OC(=O)N1CCN(c2ccc(S(C)(=O)=O)cc2-c2ccc(C=O)o2)CC1. The molecule has 0 N–H and O–H groups in total. The quantitative estimate of drug-likeness (QED) is 0.682. The van der Waals surface area contributed by atoms with Crippen LogP contribution in [0.25, 0.3) is 11.3 Å². The maximum Gasteiger partial charge on any atom is 0.410 e. The summed E-state index contributed by atoms with van der Waals surface area (Å²) in [6.45, 7) is 7.52. The van der Waals surface area contributed by atoms with Crippen molar-refractivity contribution >= 4 is 27.9 Å². The molecule has 0 atom stereocenters. The monoisotopic (exact) mass is 434 g/mol. The molecule has 9 heteroatoms. The van der Waals surface area contributed by atoms with E-state index in [4.69, 9.17) is 9.15 Å². The summed E-state index contributed by atoms with van der Waals surface area (Å²) >= 11 is 0. The molecule has 0 aliphatic carbocycles. The van der Waals surface area contributed by atoms with Crippen LogP contribution in [0.4, 0.5) is 10.5 Å². The number of piperazine rings is 1. The maximum atomic E-state index is 12.3. The molecular formula is C21H26N2O6S. The van der Waals surface area contributed by atoms with Gasteiger partial charge in [-0.2, -0.15) is 0 Å². The van der Waals surface area contributed by atoms with Crippen LogP contribution in [-0.4, -0.2) is 63.7 Å². The van der Waals surface area contributed by atoms with Gasteiger partial charge in [-0.05, 0) is 51.1 Å². The first-order valence-electron chi connectivity index (χ1n) is 9.60. The van der Waals surface area contributed by atoms with E-state index in [1.807, 2.05) is 20.8 Å². The molecule has 1 amide bonds. The van der Waals surface area contributed by atoms with Gasteiger partial charge in [0.1, 0.15) is 11.4 Å². The van der Waals surface area contributed by atoms with Gasteiger partial charge in [0.05, 0.1) is 4.90 Å². The predicted octanol–water partition coefficient (Wildman–Crippen LogP) is 3.22. The van der Waals surface area contributed by atoms with Gasteiger partial charge in [0, 0.05) is 43.7 Å². The summed E-state index contributed by atoms with van der Waals surface area (Å²) in [7, 11) is -3.42. The van der Waals surface area contributed by atoms with Crippen LogP contribution in [-0.2, 0) is 14.6 Å². The molecule has 1 aliphatic rings. The Kier molecular flexibility index (Phi) is 5.94. The van der Waals surface area contributed by atoms with Crippen molar-refractivity contribution in [3.05, 3.63) is 36.1 Å². The maximum absolute atomic E-state index is 12.3. The Balaban J connectivity index is 1.87. The number of carbonyl (C=O) groups excluding carboxylic acids is 2. The highest BCUT2D eigenvalue weighted by molar-refractivity contribution is 7.90.